The fraction of sp³-hybridized carbons (Fsp3) is 0.348. The van der Waals surface area contributed by atoms with E-state index in [0.717, 1.165) is 61.3 Å². The molecule has 1 fully saturated rings. The van der Waals surface area contributed by atoms with Crippen molar-refractivity contribution in [2.75, 3.05) is 31.1 Å². The number of hydrogen-bond donors (Lipinski definition) is 1. The molecule has 1 N–H and O–H groups in total. The van der Waals surface area contributed by atoms with Crippen LogP contribution in [0.5, 0.6) is 0 Å². The minimum Gasteiger partial charge on any atom is -0.369 e. The van der Waals surface area contributed by atoms with Crippen molar-refractivity contribution in [2.24, 2.45) is 0 Å². The van der Waals surface area contributed by atoms with Crippen LogP contribution in [0.15, 0.2) is 53.3 Å². The first-order chi connectivity index (χ1) is 13.2. The van der Waals surface area contributed by atoms with Gasteiger partial charge >= 0.3 is 0 Å². The van der Waals surface area contributed by atoms with E-state index in [1.165, 1.54) is 11.3 Å². The van der Waals surface area contributed by atoms with Crippen LogP contribution in [0.3, 0.4) is 0 Å². The number of rotatable bonds is 4. The molecule has 1 aliphatic rings. The van der Waals surface area contributed by atoms with Crippen molar-refractivity contribution in [1.29, 1.82) is 0 Å². The molecule has 1 aromatic heterocycles. The van der Waals surface area contributed by atoms with E-state index in [2.05, 4.69) is 58.1 Å². The lowest BCUT2D eigenvalue weighted by Gasteiger charge is -2.36. The number of H-pyrrole nitrogens is 1. The van der Waals surface area contributed by atoms with E-state index in [-0.39, 0.29) is 5.43 Å². The van der Waals surface area contributed by atoms with Gasteiger partial charge in [0.05, 0.1) is 5.52 Å². The zero-order chi connectivity index (χ0) is 18.8. The number of nitrogens with one attached hydrogen (secondary N) is 1. The van der Waals surface area contributed by atoms with Crippen molar-refractivity contribution in [3.63, 3.8) is 0 Å². The molecule has 2 heterocycles. The Balaban J connectivity index is 1.54. The third-order valence-corrected chi connectivity index (χ3v) is 5.69. The fourth-order valence-electron chi connectivity index (χ4n) is 4.04. The third kappa shape index (κ3) is 3.50. The number of aromatic amines is 1. The summed E-state index contributed by atoms with van der Waals surface area (Å²) in [6.45, 7) is 8.81. The molecule has 3 aromatic rings. The van der Waals surface area contributed by atoms with Crippen LogP contribution in [-0.2, 0) is 13.0 Å². The van der Waals surface area contributed by atoms with Crippen molar-refractivity contribution in [1.82, 2.24) is 9.88 Å². The van der Waals surface area contributed by atoms with Gasteiger partial charge in [-0.05, 0) is 37.1 Å². The first kappa shape index (κ1) is 17.8. The number of hydrogen-bond acceptors (Lipinski definition) is 3. The first-order valence-corrected chi connectivity index (χ1v) is 9.83. The van der Waals surface area contributed by atoms with Gasteiger partial charge in [-0.25, -0.2) is 0 Å². The number of anilines is 1. The molecule has 27 heavy (non-hydrogen) atoms. The van der Waals surface area contributed by atoms with Crippen LogP contribution in [0.2, 0.25) is 0 Å². The lowest BCUT2D eigenvalue weighted by molar-refractivity contribution is 0.248. The zero-order valence-electron chi connectivity index (χ0n) is 16.2. The second-order valence-corrected chi connectivity index (χ2v) is 7.35. The van der Waals surface area contributed by atoms with E-state index in [0.29, 0.717) is 0 Å². The molecule has 4 nitrogen and oxygen atoms in total. The molecule has 4 rings (SSSR count). The van der Waals surface area contributed by atoms with E-state index >= 15 is 0 Å². The average Bonchev–Trinajstić information content (AvgIpc) is 2.72. The van der Waals surface area contributed by atoms with Gasteiger partial charge in [-0.1, -0.05) is 37.3 Å². The molecule has 0 atom stereocenters. The van der Waals surface area contributed by atoms with E-state index < -0.39 is 0 Å². The Morgan fingerprint density at radius 3 is 2.41 bits per heavy atom. The minimum atomic E-state index is 0.182. The van der Waals surface area contributed by atoms with Crippen LogP contribution in [0.25, 0.3) is 10.9 Å². The van der Waals surface area contributed by atoms with Gasteiger partial charge in [0.25, 0.3) is 0 Å². The summed E-state index contributed by atoms with van der Waals surface area (Å²) in [6, 6.07) is 16.6. The maximum absolute atomic E-state index is 13.1. The van der Waals surface area contributed by atoms with Crippen molar-refractivity contribution < 1.29 is 0 Å². The molecular weight excluding hydrogens is 334 g/mol. The Bertz CT molecular complexity index is 986. The molecule has 0 radical (unpaired) electrons. The fourth-order valence-corrected chi connectivity index (χ4v) is 4.04. The highest BCUT2D eigenvalue weighted by atomic mass is 16.1. The number of piperazine rings is 1. The molecule has 0 amide bonds. The number of pyridine rings is 1. The molecule has 0 unspecified atom stereocenters. The Kier molecular flexibility index (Phi) is 4.99. The topological polar surface area (TPSA) is 39.3 Å². The van der Waals surface area contributed by atoms with Crippen LogP contribution in [0.1, 0.15) is 23.7 Å². The highest BCUT2D eigenvalue weighted by Crippen LogP contribution is 2.19. The lowest BCUT2D eigenvalue weighted by atomic mass is 10.0. The summed E-state index contributed by atoms with van der Waals surface area (Å²) in [5.74, 6) is 0. The normalized spacial score (nSPS) is 15.4. The van der Waals surface area contributed by atoms with Crippen molar-refractivity contribution in [3.8, 4) is 0 Å². The van der Waals surface area contributed by atoms with Crippen LogP contribution >= 0.6 is 0 Å². The Morgan fingerprint density at radius 2 is 1.70 bits per heavy atom. The maximum Gasteiger partial charge on any atom is 0.194 e. The lowest BCUT2D eigenvalue weighted by Crippen LogP contribution is -2.46. The summed E-state index contributed by atoms with van der Waals surface area (Å²) >= 11 is 0. The van der Waals surface area contributed by atoms with Crippen LogP contribution in [0.4, 0.5) is 5.69 Å². The van der Waals surface area contributed by atoms with Gasteiger partial charge in [-0.3, -0.25) is 9.69 Å². The first-order valence-electron chi connectivity index (χ1n) is 9.83. The predicted molar refractivity (Wildman–Crippen MR) is 113 cm³/mol. The van der Waals surface area contributed by atoms with E-state index in [9.17, 15) is 4.79 Å². The van der Waals surface area contributed by atoms with Crippen LogP contribution in [-0.4, -0.2) is 36.1 Å². The summed E-state index contributed by atoms with van der Waals surface area (Å²) in [6.07, 6.45) is 0.924. The third-order valence-electron chi connectivity index (χ3n) is 5.69. The molecule has 0 bridgehead atoms. The van der Waals surface area contributed by atoms with Crippen LogP contribution < -0.4 is 10.3 Å². The molecule has 1 saturated heterocycles. The van der Waals surface area contributed by atoms with E-state index in [1.807, 2.05) is 19.1 Å². The van der Waals surface area contributed by atoms with Gasteiger partial charge < -0.3 is 9.88 Å². The summed E-state index contributed by atoms with van der Waals surface area (Å²) < 4.78 is 0. The number of benzene rings is 2. The smallest absolute Gasteiger partial charge is 0.194 e. The van der Waals surface area contributed by atoms with Gasteiger partial charge in [-0.2, -0.15) is 0 Å². The summed E-state index contributed by atoms with van der Waals surface area (Å²) in [5.41, 5.74) is 5.57. The van der Waals surface area contributed by atoms with Crippen molar-refractivity contribution in [3.05, 3.63) is 75.6 Å². The Labute approximate surface area is 160 Å². The summed E-state index contributed by atoms with van der Waals surface area (Å²) in [7, 11) is 0. The Hall–Kier alpha value is -2.59. The van der Waals surface area contributed by atoms with Crippen molar-refractivity contribution >= 4 is 16.6 Å². The number of aryl methyl sites for hydroxylation is 2. The second kappa shape index (κ2) is 7.57. The standard InChI is InChI=1S/C23H27N3O/c1-3-18-8-7-11-20-22(18)24-17(2)21(23(20)27)16-25-12-14-26(15-13-25)19-9-5-4-6-10-19/h4-11H,3,12-16H2,1-2H3,(H,24,27). The number of fused-ring (bicyclic) bond motifs is 1. The predicted octanol–water partition coefficient (Wildman–Crippen LogP) is 3.72. The minimum absolute atomic E-state index is 0.182. The maximum atomic E-state index is 13.1. The highest BCUT2D eigenvalue weighted by Gasteiger charge is 2.20. The number of aromatic nitrogens is 1. The average molecular weight is 361 g/mol. The SMILES string of the molecule is CCc1cccc2c(=O)c(CN3CCN(c4ccccc4)CC3)c(C)[nH]c12. The Morgan fingerprint density at radius 1 is 0.963 bits per heavy atom. The van der Waals surface area contributed by atoms with Gasteiger partial charge in [0, 0.05) is 55.1 Å². The molecular formula is C23H27N3O. The molecule has 1 aliphatic heterocycles. The molecule has 0 saturated carbocycles. The van der Waals surface area contributed by atoms with Gasteiger partial charge in [0.15, 0.2) is 5.43 Å². The molecule has 2 aromatic carbocycles. The van der Waals surface area contributed by atoms with Gasteiger partial charge in [-0.15, -0.1) is 0 Å². The van der Waals surface area contributed by atoms with E-state index in [1.54, 1.807) is 0 Å². The molecule has 0 aliphatic carbocycles. The second-order valence-electron chi connectivity index (χ2n) is 7.35. The number of nitrogens with zero attached hydrogens (tertiary/aromatic N) is 2. The van der Waals surface area contributed by atoms with E-state index in [4.69, 9.17) is 0 Å². The van der Waals surface area contributed by atoms with Crippen LogP contribution in [0, 0.1) is 6.92 Å². The molecule has 140 valence electrons. The van der Waals surface area contributed by atoms with Gasteiger partial charge in [0.1, 0.15) is 0 Å². The summed E-state index contributed by atoms with van der Waals surface area (Å²) in [5, 5.41) is 0.817. The largest absolute Gasteiger partial charge is 0.369 e. The number of para-hydroxylation sites is 2. The highest BCUT2D eigenvalue weighted by molar-refractivity contribution is 5.82. The summed E-state index contributed by atoms with van der Waals surface area (Å²) in [4.78, 5) is 21.4. The van der Waals surface area contributed by atoms with Crippen molar-refractivity contribution in [2.45, 2.75) is 26.8 Å². The zero-order valence-corrected chi connectivity index (χ0v) is 16.2. The molecule has 0 spiro atoms. The molecule has 4 heteroatoms. The van der Waals surface area contributed by atoms with Gasteiger partial charge in [0.2, 0.25) is 0 Å². The quantitative estimate of drug-likeness (QED) is 0.770. The monoisotopic (exact) mass is 361 g/mol.